The summed E-state index contributed by atoms with van der Waals surface area (Å²) in [6, 6.07) is 11.9. The van der Waals surface area contributed by atoms with Gasteiger partial charge < -0.3 is 5.32 Å². The molecule has 1 aromatic carbocycles. The summed E-state index contributed by atoms with van der Waals surface area (Å²) in [7, 11) is 0. The normalized spacial score (nSPS) is 10.3. The summed E-state index contributed by atoms with van der Waals surface area (Å²) in [6.45, 7) is 0.649. The molecule has 1 amide bonds. The van der Waals surface area contributed by atoms with Gasteiger partial charge in [-0.05, 0) is 49.9 Å². The molecular weight excluding hydrogens is 378 g/mol. The van der Waals surface area contributed by atoms with Gasteiger partial charge in [-0.1, -0.05) is 30.3 Å². The fraction of sp³-hybridized carbons (Fsp3) is 0.154. The maximum Gasteiger partial charge on any atom is 0.261 e. The molecule has 0 fully saturated rings. The molecule has 0 aliphatic heterocycles. The molecule has 1 N–H and O–H groups in total. The maximum atomic E-state index is 11.9. The minimum absolute atomic E-state index is 0.0256. The predicted molar refractivity (Wildman–Crippen MR) is 82.2 cm³/mol. The van der Waals surface area contributed by atoms with Crippen LogP contribution in [0.4, 0.5) is 0 Å². The van der Waals surface area contributed by atoms with E-state index >= 15 is 0 Å². The number of carbonyl (C=O) groups excluding carboxylic acids is 1. The molecule has 0 aliphatic carbocycles. The summed E-state index contributed by atoms with van der Waals surface area (Å²) in [5, 5.41) is 2.92. The van der Waals surface area contributed by atoms with Crippen molar-refractivity contribution in [3.05, 3.63) is 55.1 Å². The average molecular weight is 389 g/mol. The van der Waals surface area contributed by atoms with Crippen molar-refractivity contribution in [3.8, 4) is 0 Å². The van der Waals surface area contributed by atoms with E-state index in [-0.39, 0.29) is 5.91 Å². The van der Waals surface area contributed by atoms with Crippen LogP contribution in [0.25, 0.3) is 0 Å². The maximum absolute atomic E-state index is 11.9. The molecule has 0 saturated heterocycles. The first-order valence-corrected chi connectivity index (χ1v) is 7.84. The van der Waals surface area contributed by atoms with Crippen molar-refractivity contribution < 1.29 is 4.79 Å². The van der Waals surface area contributed by atoms with Crippen LogP contribution < -0.4 is 5.32 Å². The number of rotatable bonds is 4. The van der Waals surface area contributed by atoms with Crippen LogP contribution in [0.3, 0.4) is 0 Å². The molecule has 0 unspecified atom stereocenters. The van der Waals surface area contributed by atoms with Crippen LogP contribution in [0.2, 0.25) is 0 Å². The highest BCUT2D eigenvalue weighted by atomic mass is 79.9. The monoisotopic (exact) mass is 387 g/mol. The van der Waals surface area contributed by atoms with Crippen LogP contribution in [0.15, 0.2) is 44.7 Å². The van der Waals surface area contributed by atoms with Crippen molar-refractivity contribution in [1.82, 2.24) is 5.32 Å². The Bertz CT molecular complexity index is 520. The second kappa shape index (κ2) is 6.50. The zero-order valence-electron chi connectivity index (χ0n) is 9.45. The number of halogens is 2. The zero-order valence-corrected chi connectivity index (χ0v) is 13.4. The van der Waals surface area contributed by atoms with E-state index < -0.39 is 0 Å². The summed E-state index contributed by atoms with van der Waals surface area (Å²) >= 11 is 8.18. The summed E-state index contributed by atoms with van der Waals surface area (Å²) in [6.07, 6.45) is 0.848. The molecule has 0 aliphatic rings. The molecule has 2 rings (SSSR count). The van der Waals surface area contributed by atoms with E-state index in [4.69, 9.17) is 0 Å². The van der Waals surface area contributed by atoms with Crippen LogP contribution in [0, 0.1) is 0 Å². The van der Waals surface area contributed by atoms with Gasteiger partial charge in [0.1, 0.15) is 0 Å². The third kappa shape index (κ3) is 3.67. The fourth-order valence-electron chi connectivity index (χ4n) is 1.51. The van der Waals surface area contributed by atoms with Crippen molar-refractivity contribution in [2.75, 3.05) is 6.54 Å². The second-order valence-corrected chi connectivity index (χ2v) is 6.95. The van der Waals surface area contributed by atoms with E-state index in [1.165, 1.54) is 16.9 Å². The Hall–Kier alpha value is -0.650. The van der Waals surface area contributed by atoms with Crippen molar-refractivity contribution in [3.63, 3.8) is 0 Å². The Morgan fingerprint density at radius 2 is 1.94 bits per heavy atom. The Morgan fingerprint density at radius 3 is 2.56 bits per heavy atom. The Kier molecular flexibility index (Phi) is 4.97. The number of hydrogen-bond donors (Lipinski definition) is 1. The Labute approximate surface area is 127 Å². The van der Waals surface area contributed by atoms with Gasteiger partial charge in [0.2, 0.25) is 0 Å². The third-order valence-corrected chi connectivity index (χ3v) is 5.67. The minimum atomic E-state index is -0.0256. The lowest BCUT2D eigenvalue weighted by Crippen LogP contribution is -2.24. The molecule has 0 spiro atoms. The number of carbonyl (C=O) groups is 1. The molecule has 2 nitrogen and oxygen atoms in total. The van der Waals surface area contributed by atoms with Gasteiger partial charge >= 0.3 is 0 Å². The van der Waals surface area contributed by atoms with E-state index in [9.17, 15) is 4.79 Å². The number of thiophene rings is 1. The van der Waals surface area contributed by atoms with Gasteiger partial charge in [0, 0.05) is 11.0 Å². The smallest absolute Gasteiger partial charge is 0.261 e. The van der Waals surface area contributed by atoms with E-state index in [1.807, 2.05) is 24.3 Å². The molecule has 18 heavy (non-hydrogen) atoms. The highest BCUT2D eigenvalue weighted by Gasteiger charge is 2.11. The summed E-state index contributed by atoms with van der Waals surface area (Å²) in [5.74, 6) is -0.0256. The molecule has 94 valence electrons. The lowest BCUT2D eigenvalue weighted by molar-refractivity contribution is 0.0958. The highest BCUT2D eigenvalue weighted by molar-refractivity contribution is 9.13. The van der Waals surface area contributed by atoms with E-state index in [0.29, 0.717) is 11.4 Å². The quantitative estimate of drug-likeness (QED) is 0.833. The molecule has 0 saturated carbocycles. The molecule has 2 aromatic rings. The molecule has 1 heterocycles. The van der Waals surface area contributed by atoms with E-state index in [1.54, 1.807) is 0 Å². The lowest BCUT2D eigenvalue weighted by atomic mass is 10.1. The Morgan fingerprint density at radius 1 is 1.22 bits per heavy atom. The predicted octanol–water partition coefficient (Wildman–Crippen LogP) is 4.25. The summed E-state index contributed by atoms with van der Waals surface area (Å²) in [4.78, 5) is 12.6. The van der Waals surface area contributed by atoms with Gasteiger partial charge in [-0.15, -0.1) is 11.3 Å². The highest BCUT2D eigenvalue weighted by Crippen LogP contribution is 2.32. The van der Waals surface area contributed by atoms with Crippen LogP contribution >= 0.6 is 43.2 Å². The lowest BCUT2D eigenvalue weighted by Gasteiger charge is -2.03. The fourth-order valence-corrected chi connectivity index (χ4v) is 3.46. The first kappa shape index (κ1) is 13.8. The minimum Gasteiger partial charge on any atom is -0.351 e. The summed E-state index contributed by atoms with van der Waals surface area (Å²) in [5.41, 5.74) is 1.23. The molecule has 0 bridgehead atoms. The molecule has 1 aromatic heterocycles. The van der Waals surface area contributed by atoms with Crippen molar-refractivity contribution in [1.29, 1.82) is 0 Å². The first-order valence-electron chi connectivity index (χ1n) is 5.44. The van der Waals surface area contributed by atoms with Gasteiger partial charge in [-0.3, -0.25) is 4.79 Å². The third-order valence-electron chi connectivity index (χ3n) is 2.41. The number of benzene rings is 1. The van der Waals surface area contributed by atoms with E-state index in [2.05, 4.69) is 49.3 Å². The van der Waals surface area contributed by atoms with Gasteiger partial charge in [-0.2, -0.15) is 0 Å². The van der Waals surface area contributed by atoms with Crippen LogP contribution in [0.1, 0.15) is 15.2 Å². The van der Waals surface area contributed by atoms with Gasteiger partial charge in [0.05, 0.1) is 8.66 Å². The number of amides is 1. The standard InChI is InChI=1S/C13H11Br2NOS/c14-10-8-11(18-12(10)15)13(17)16-7-6-9-4-2-1-3-5-9/h1-5,8H,6-7H2,(H,16,17). The summed E-state index contributed by atoms with van der Waals surface area (Å²) < 4.78 is 1.86. The molecular formula is C13H11Br2NOS. The van der Waals surface area contributed by atoms with Crippen molar-refractivity contribution >= 4 is 49.1 Å². The molecule has 0 atom stereocenters. The van der Waals surface area contributed by atoms with Crippen molar-refractivity contribution in [2.45, 2.75) is 6.42 Å². The molecule has 5 heteroatoms. The number of hydrogen-bond acceptors (Lipinski definition) is 2. The van der Waals surface area contributed by atoms with Crippen molar-refractivity contribution in [2.24, 2.45) is 0 Å². The first-order chi connectivity index (χ1) is 8.66. The van der Waals surface area contributed by atoms with Gasteiger partial charge in [-0.25, -0.2) is 0 Å². The van der Waals surface area contributed by atoms with Crippen LogP contribution in [0.5, 0.6) is 0 Å². The molecule has 0 radical (unpaired) electrons. The SMILES string of the molecule is O=C(NCCc1ccccc1)c1cc(Br)c(Br)s1. The van der Waals surface area contributed by atoms with Crippen LogP contribution in [-0.4, -0.2) is 12.5 Å². The largest absolute Gasteiger partial charge is 0.351 e. The Balaban J connectivity index is 1.85. The van der Waals surface area contributed by atoms with E-state index in [0.717, 1.165) is 14.7 Å². The van der Waals surface area contributed by atoms with Crippen LogP contribution in [-0.2, 0) is 6.42 Å². The number of nitrogens with one attached hydrogen (secondary N) is 1. The van der Waals surface area contributed by atoms with Gasteiger partial charge in [0.15, 0.2) is 0 Å². The topological polar surface area (TPSA) is 29.1 Å². The second-order valence-electron chi connectivity index (χ2n) is 3.72. The average Bonchev–Trinajstić information content (AvgIpc) is 2.71. The zero-order chi connectivity index (χ0) is 13.0. The van der Waals surface area contributed by atoms with Gasteiger partial charge in [0.25, 0.3) is 5.91 Å².